The van der Waals surface area contributed by atoms with E-state index in [-0.39, 0.29) is 0 Å². The Hall–Kier alpha value is -0.610. The molecule has 1 atom stereocenters. The van der Waals surface area contributed by atoms with Crippen LogP contribution >= 0.6 is 11.3 Å². The summed E-state index contributed by atoms with van der Waals surface area (Å²) in [5.74, 6) is 0. The van der Waals surface area contributed by atoms with Gasteiger partial charge in [0.15, 0.2) is 5.13 Å². The van der Waals surface area contributed by atoms with Gasteiger partial charge in [-0.25, -0.2) is 4.98 Å². The molecule has 2 heterocycles. The number of aromatic nitrogens is 1. The van der Waals surface area contributed by atoms with E-state index < -0.39 is 0 Å². The molecule has 0 amide bonds. The maximum absolute atomic E-state index is 4.58. The normalized spacial score (nSPS) is 21.9. The van der Waals surface area contributed by atoms with Crippen LogP contribution in [0.4, 0.5) is 5.13 Å². The molecular formula is C10H17N3S. The molecule has 0 saturated carbocycles. The van der Waals surface area contributed by atoms with Crippen molar-refractivity contribution in [2.75, 3.05) is 25.0 Å². The van der Waals surface area contributed by atoms with Crippen LogP contribution in [0.3, 0.4) is 0 Å². The molecule has 1 aromatic rings. The third kappa shape index (κ3) is 1.77. The predicted molar refractivity (Wildman–Crippen MR) is 61.3 cm³/mol. The fraction of sp³-hybridized carbons (Fsp3) is 0.700. The van der Waals surface area contributed by atoms with Crippen molar-refractivity contribution in [2.24, 2.45) is 0 Å². The van der Waals surface area contributed by atoms with Crippen molar-refractivity contribution >= 4 is 16.5 Å². The van der Waals surface area contributed by atoms with Crippen molar-refractivity contribution < 1.29 is 0 Å². The Labute approximate surface area is 89.1 Å². The second kappa shape index (κ2) is 3.87. The average molecular weight is 211 g/mol. The number of likely N-dealkylation sites (N-methyl/N-ethyl adjacent to an activating group) is 1. The fourth-order valence-electron chi connectivity index (χ4n) is 1.76. The fourth-order valence-corrected chi connectivity index (χ4v) is 2.71. The zero-order valence-electron chi connectivity index (χ0n) is 9.00. The molecule has 3 nitrogen and oxygen atoms in total. The lowest BCUT2D eigenvalue weighted by Crippen LogP contribution is -2.29. The van der Waals surface area contributed by atoms with Crippen molar-refractivity contribution in [1.29, 1.82) is 0 Å². The van der Waals surface area contributed by atoms with Gasteiger partial charge in [-0.05, 0) is 27.3 Å². The molecule has 0 radical (unpaired) electrons. The molecule has 1 N–H and O–H groups in total. The van der Waals surface area contributed by atoms with Gasteiger partial charge < -0.3 is 10.2 Å². The third-order valence-electron chi connectivity index (χ3n) is 2.88. The van der Waals surface area contributed by atoms with E-state index >= 15 is 0 Å². The predicted octanol–water partition coefficient (Wildman–Crippen LogP) is 1.56. The molecule has 0 aromatic carbocycles. The van der Waals surface area contributed by atoms with Gasteiger partial charge in [-0.1, -0.05) is 0 Å². The van der Waals surface area contributed by atoms with Crippen LogP contribution < -0.4 is 10.2 Å². The SMILES string of the molecule is CNC1CCN(c2nc(C)c(C)s2)C1. The summed E-state index contributed by atoms with van der Waals surface area (Å²) >= 11 is 1.81. The Bertz CT molecular complexity index is 302. The van der Waals surface area contributed by atoms with Gasteiger partial charge in [-0.3, -0.25) is 0 Å². The molecule has 2 rings (SSSR count). The van der Waals surface area contributed by atoms with Gasteiger partial charge >= 0.3 is 0 Å². The summed E-state index contributed by atoms with van der Waals surface area (Å²) in [6, 6.07) is 0.638. The van der Waals surface area contributed by atoms with Crippen molar-refractivity contribution in [1.82, 2.24) is 10.3 Å². The highest BCUT2D eigenvalue weighted by Crippen LogP contribution is 2.27. The van der Waals surface area contributed by atoms with E-state index in [0.717, 1.165) is 13.1 Å². The average Bonchev–Trinajstić information content (AvgIpc) is 2.74. The van der Waals surface area contributed by atoms with Gasteiger partial charge in [0.2, 0.25) is 0 Å². The van der Waals surface area contributed by atoms with Gasteiger partial charge in [0.05, 0.1) is 5.69 Å². The monoisotopic (exact) mass is 211 g/mol. The van der Waals surface area contributed by atoms with E-state index in [1.54, 1.807) is 0 Å². The highest BCUT2D eigenvalue weighted by Gasteiger charge is 2.23. The molecule has 4 heteroatoms. The second-order valence-electron chi connectivity index (χ2n) is 3.86. The lowest BCUT2D eigenvalue weighted by atomic mass is 10.3. The van der Waals surface area contributed by atoms with Gasteiger partial charge in [0.25, 0.3) is 0 Å². The van der Waals surface area contributed by atoms with E-state index in [0.29, 0.717) is 6.04 Å². The van der Waals surface area contributed by atoms with Gasteiger partial charge in [0, 0.05) is 24.0 Å². The zero-order chi connectivity index (χ0) is 10.1. The molecule has 1 fully saturated rings. The first-order chi connectivity index (χ1) is 6.70. The minimum atomic E-state index is 0.638. The van der Waals surface area contributed by atoms with Crippen LogP contribution in [0.5, 0.6) is 0 Å². The van der Waals surface area contributed by atoms with Crippen LogP contribution in [0.1, 0.15) is 17.0 Å². The number of aryl methyl sites for hydroxylation is 2. The lowest BCUT2D eigenvalue weighted by molar-refractivity contribution is 0.617. The quantitative estimate of drug-likeness (QED) is 0.804. The minimum absolute atomic E-state index is 0.638. The summed E-state index contributed by atoms with van der Waals surface area (Å²) in [6.45, 7) is 6.46. The van der Waals surface area contributed by atoms with Crippen LogP contribution in [-0.4, -0.2) is 31.2 Å². The Kier molecular flexibility index (Phi) is 2.74. The Morgan fingerprint density at radius 3 is 2.79 bits per heavy atom. The minimum Gasteiger partial charge on any atom is -0.346 e. The van der Waals surface area contributed by atoms with Crippen molar-refractivity contribution in [2.45, 2.75) is 26.3 Å². The van der Waals surface area contributed by atoms with Crippen molar-refractivity contribution in [3.8, 4) is 0 Å². The number of nitrogens with zero attached hydrogens (tertiary/aromatic N) is 2. The van der Waals surface area contributed by atoms with E-state index in [9.17, 15) is 0 Å². The summed E-state index contributed by atoms with van der Waals surface area (Å²) in [7, 11) is 2.03. The smallest absolute Gasteiger partial charge is 0.185 e. The molecule has 0 spiro atoms. The molecule has 0 aliphatic carbocycles. The summed E-state index contributed by atoms with van der Waals surface area (Å²) in [6.07, 6.45) is 1.23. The maximum atomic E-state index is 4.58. The van der Waals surface area contributed by atoms with Crippen LogP contribution in [-0.2, 0) is 0 Å². The summed E-state index contributed by atoms with van der Waals surface area (Å²) in [4.78, 5) is 8.30. The maximum Gasteiger partial charge on any atom is 0.185 e. The first-order valence-corrected chi connectivity index (χ1v) is 5.88. The molecule has 78 valence electrons. The van der Waals surface area contributed by atoms with E-state index in [1.807, 2.05) is 18.4 Å². The molecule has 1 aromatic heterocycles. The number of anilines is 1. The summed E-state index contributed by atoms with van der Waals surface area (Å²) < 4.78 is 0. The zero-order valence-corrected chi connectivity index (χ0v) is 9.82. The molecular weight excluding hydrogens is 194 g/mol. The Balaban J connectivity index is 2.09. The number of hydrogen-bond acceptors (Lipinski definition) is 4. The van der Waals surface area contributed by atoms with Crippen LogP contribution in [0.25, 0.3) is 0 Å². The van der Waals surface area contributed by atoms with E-state index in [2.05, 4.69) is 29.0 Å². The second-order valence-corrected chi connectivity index (χ2v) is 5.04. The number of hydrogen-bond donors (Lipinski definition) is 1. The van der Waals surface area contributed by atoms with Crippen LogP contribution in [0.2, 0.25) is 0 Å². The molecule has 1 aliphatic heterocycles. The summed E-state index contributed by atoms with van der Waals surface area (Å²) in [5, 5.41) is 4.51. The van der Waals surface area contributed by atoms with Crippen LogP contribution in [0, 0.1) is 13.8 Å². The summed E-state index contributed by atoms with van der Waals surface area (Å²) in [5.41, 5.74) is 1.18. The van der Waals surface area contributed by atoms with E-state index in [1.165, 1.54) is 22.1 Å². The van der Waals surface area contributed by atoms with Crippen molar-refractivity contribution in [3.05, 3.63) is 10.6 Å². The number of nitrogens with one attached hydrogen (secondary N) is 1. The van der Waals surface area contributed by atoms with Crippen molar-refractivity contribution in [3.63, 3.8) is 0 Å². The first kappa shape index (κ1) is 9.93. The largest absolute Gasteiger partial charge is 0.346 e. The highest BCUT2D eigenvalue weighted by molar-refractivity contribution is 7.15. The standard InChI is InChI=1S/C10H17N3S/c1-7-8(2)14-10(12-7)13-5-4-9(6-13)11-3/h9,11H,4-6H2,1-3H3. The number of rotatable bonds is 2. The molecule has 14 heavy (non-hydrogen) atoms. The Morgan fingerprint density at radius 2 is 2.29 bits per heavy atom. The Morgan fingerprint density at radius 1 is 1.50 bits per heavy atom. The molecule has 1 aliphatic rings. The van der Waals surface area contributed by atoms with Crippen LogP contribution in [0.15, 0.2) is 0 Å². The van der Waals surface area contributed by atoms with Gasteiger partial charge in [-0.15, -0.1) is 11.3 Å². The van der Waals surface area contributed by atoms with E-state index in [4.69, 9.17) is 0 Å². The van der Waals surface area contributed by atoms with Gasteiger partial charge in [-0.2, -0.15) is 0 Å². The highest BCUT2D eigenvalue weighted by atomic mass is 32.1. The topological polar surface area (TPSA) is 28.2 Å². The molecule has 0 bridgehead atoms. The number of thiazole rings is 1. The molecule has 1 saturated heterocycles. The third-order valence-corrected chi connectivity index (χ3v) is 4.02. The first-order valence-electron chi connectivity index (χ1n) is 5.07. The molecule has 1 unspecified atom stereocenters. The lowest BCUT2D eigenvalue weighted by Gasteiger charge is -2.14. The van der Waals surface area contributed by atoms with Gasteiger partial charge in [0.1, 0.15) is 0 Å².